The SMILES string of the molecule is COCCCN1CC(=S)Nc2ccc(Cl)cc21. The molecule has 5 heteroatoms. The van der Waals surface area contributed by atoms with Crippen molar-refractivity contribution in [1.29, 1.82) is 0 Å². The van der Waals surface area contributed by atoms with Gasteiger partial charge in [-0.2, -0.15) is 0 Å². The van der Waals surface area contributed by atoms with E-state index in [1.165, 1.54) is 0 Å². The molecule has 0 aliphatic carbocycles. The number of benzene rings is 1. The molecule has 0 saturated heterocycles. The summed E-state index contributed by atoms with van der Waals surface area (Å²) in [6.45, 7) is 2.42. The Morgan fingerprint density at radius 2 is 2.35 bits per heavy atom. The molecule has 0 spiro atoms. The van der Waals surface area contributed by atoms with E-state index in [9.17, 15) is 0 Å². The number of methoxy groups -OCH3 is 1. The molecule has 0 aromatic heterocycles. The number of anilines is 2. The first-order valence-corrected chi connectivity index (χ1v) is 6.32. The summed E-state index contributed by atoms with van der Waals surface area (Å²) in [5.41, 5.74) is 2.14. The number of ether oxygens (including phenoxy) is 1. The number of halogens is 1. The van der Waals surface area contributed by atoms with Crippen LogP contribution in [0.5, 0.6) is 0 Å². The summed E-state index contributed by atoms with van der Waals surface area (Å²) >= 11 is 11.3. The van der Waals surface area contributed by atoms with Gasteiger partial charge in [-0.3, -0.25) is 0 Å². The van der Waals surface area contributed by atoms with Crippen molar-refractivity contribution in [2.75, 3.05) is 37.0 Å². The van der Waals surface area contributed by atoms with E-state index in [0.29, 0.717) is 0 Å². The van der Waals surface area contributed by atoms with E-state index in [-0.39, 0.29) is 0 Å². The third kappa shape index (κ3) is 3.09. The van der Waals surface area contributed by atoms with Gasteiger partial charge in [-0.1, -0.05) is 23.8 Å². The molecule has 92 valence electrons. The zero-order valence-electron chi connectivity index (χ0n) is 9.70. The molecule has 0 unspecified atom stereocenters. The van der Waals surface area contributed by atoms with Gasteiger partial charge in [0.05, 0.1) is 22.9 Å². The van der Waals surface area contributed by atoms with Gasteiger partial charge >= 0.3 is 0 Å². The standard InChI is InChI=1S/C12H15ClN2OS/c1-16-6-2-5-15-8-12(17)14-10-4-3-9(13)7-11(10)15/h3-4,7H,2,5-6,8H2,1H3,(H,14,17). The van der Waals surface area contributed by atoms with Gasteiger partial charge in [0.25, 0.3) is 0 Å². The Kier molecular flexibility index (Phi) is 4.20. The molecule has 0 saturated carbocycles. The lowest BCUT2D eigenvalue weighted by atomic mass is 10.2. The highest BCUT2D eigenvalue weighted by Gasteiger charge is 2.19. The van der Waals surface area contributed by atoms with Gasteiger partial charge in [0.1, 0.15) is 0 Å². The molecule has 17 heavy (non-hydrogen) atoms. The van der Waals surface area contributed by atoms with Gasteiger partial charge in [0, 0.05) is 25.3 Å². The van der Waals surface area contributed by atoms with Gasteiger partial charge in [-0.15, -0.1) is 0 Å². The summed E-state index contributed by atoms with van der Waals surface area (Å²) in [6, 6.07) is 5.81. The van der Waals surface area contributed by atoms with E-state index >= 15 is 0 Å². The lowest BCUT2D eigenvalue weighted by Crippen LogP contribution is -2.38. The van der Waals surface area contributed by atoms with Crippen LogP contribution < -0.4 is 10.2 Å². The van der Waals surface area contributed by atoms with Gasteiger partial charge in [-0.05, 0) is 24.6 Å². The molecule has 0 atom stereocenters. The topological polar surface area (TPSA) is 24.5 Å². The van der Waals surface area contributed by atoms with E-state index in [4.69, 9.17) is 28.6 Å². The highest BCUT2D eigenvalue weighted by Crippen LogP contribution is 2.32. The summed E-state index contributed by atoms with van der Waals surface area (Å²) < 4.78 is 5.07. The van der Waals surface area contributed by atoms with Crippen molar-refractivity contribution in [3.63, 3.8) is 0 Å². The zero-order valence-corrected chi connectivity index (χ0v) is 11.3. The number of nitrogens with zero attached hydrogens (tertiary/aromatic N) is 1. The molecular formula is C12H15ClN2OS. The number of rotatable bonds is 4. The Labute approximate surface area is 112 Å². The maximum Gasteiger partial charge on any atom is 0.0994 e. The predicted molar refractivity (Wildman–Crippen MR) is 76.4 cm³/mol. The molecule has 1 aliphatic heterocycles. The molecule has 1 heterocycles. The average molecular weight is 271 g/mol. The second-order valence-electron chi connectivity index (χ2n) is 3.98. The third-order valence-corrected chi connectivity index (χ3v) is 3.15. The van der Waals surface area contributed by atoms with Crippen LogP contribution in [-0.4, -0.2) is 31.8 Å². The summed E-state index contributed by atoms with van der Waals surface area (Å²) in [7, 11) is 1.72. The summed E-state index contributed by atoms with van der Waals surface area (Å²) in [5.74, 6) is 0. The van der Waals surface area contributed by atoms with Crippen LogP contribution in [-0.2, 0) is 4.74 Å². The number of nitrogens with one attached hydrogen (secondary N) is 1. The first-order valence-electron chi connectivity index (χ1n) is 5.54. The quantitative estimate of drug-likeness (QED) is 0.672. The van der Waals surface area contributed by atoms with Gasteiger partial charge < -0.3 is 15.0 Å². The van der Waals surface area contributed by atoms with Crippen LogP contribution in [0.3, 0.4) is 0 Å². The lowest BCUT2D eigenvalue weighted by molar-refractivity contribution is 0.196. The summed E-state index contributed by atoms with van der Waals surface area (Å²) in [5, 5.41) is 3.95. The zero-order chi connectivity index (χ0) is 12.3. The van der Waals surface area contributed by atoms with Crippen molar-refractivity contribution in [2.45, 2.75) is 6.42 Å². The first kappa shape index (κ1) is 12.6. The van der Waals surface area contributed by atoms with Crippen LogP contribution in [0.25, 0.3) is 0 Å². The third-order valence-electron chi connectivity index (χ3n) is 2.69. The summed E-state index contributed by atoms with van der Waals surface area (Å²) in [6.07, 6.45) is 0.977. The Morgan fingerprint density at radius 3 is 3.12 bits per heavy atom. The second-order valence-corrected chi connectivity index (χ2v) is 4.91. The van der Waals surface area contributed by atoms with Crippen LogP contribution in [0.15, 0.2) is 18.2 Å². The van der Waals surface area contributed by atoms with Crippen LogP contribution in [0.4, 0.5) is 11.4 Å². The smallest absolute Gasteiger partial charge is 0.0994 e. The van der Waals surface area contributed by atoms with E-state index in [1.54, 1.807) is 7.11 Å². The van der Waals surface area contributed by atoms with Gasteiger partial charge in [0.2, 0.25) is 0 Å². The molecule has 1 aromatic rings. The highest BCUT2D eigenvalue weighted by molar-refractivity contribution is 7.80. The molecule has 0 bridgehead atoms. The maximum atomic E-state index is 6.03. The Bertz CT molecular complexity index is 425. The molecule has 0 radical (unpaired) electrons. The molecular weight excluding hydrogens is 256 g/mol. The minimum absolute atomic E-state index is 0.742. The van der Waals surface area contributed by atoms with Crippen LogP contribution in [0.2, 0.25) is 5.02 Å². The molecule has 2 rings (SSSR count). The van der Waals surface area contributed by atoms with Crippen LogP contribution in [0.1, 0.15) is 6.42 Å². The number of fused-ring (bicyclic) bond motifs is 1. The van der Waals surface area contributed by atoms with Gasteiger partial charge in [0.15, 0.2) is 0 Å². The second kappa shape index (κ2) is 5.67. The largest absolute Gasteiger partial charge is 0.385 e. The van der Waals surface area contributed by atoms with Crippen molar-refractivity contribution in [1.82, 2.24) is 0 Å². The van der Waals surface area contributed by atoms with E-state index in [0.717, 1.165) is 47.5 Å². The lowest BCUT2D eigenvalue weighted by Gasteiger charge is -2.32. The average Bonchev–Trinajstić information content (AvgIpc) is 2.30. The Balaban J connectivity index is 2.17. The van der Waals surface area contributed by atoms with Crippen molar-refractivity contribution < 1.29 is 4.74 Å². The number of thiocarbonyl (C=S) groups is 1. The van der Waals surface area contributed by atoms with Gasteiger partial charge in [-0.25, -0.2) is 0 Å². The highest BCUT2D eigenvalue weighted by atomic mass is 35.5. The Morgan fingerprint density at radius 1 is 1.53 bits per heavy atom. The van der Waals surface area contributed by atoms with Crippen molar-refractivity contribution in [3.05, 3.63) is 23.2 Å². The number of hydrogen-bond donors (Lipinski definition) is 1. The van der Waals surface area contributed by atoms with Crippen LogP contribution in [0, 0.1) is 0 Å². The fraction of sp³-hybridized carbons (Fsp3) is 0.417. The fourth-order valence-corrected chi connectivity index (χ4v) is 2.35. The Hall–Kier alpha value is -0.840. The maximum absolute atomic E-state index is 6.03. The van der Waals surface area contributed by atoms with Crippen molar-refractivity contribution in [2.24, 2.45) is 0 Å². The first-order chi connectivity index (χ1) is 8.20. The van der Waals surface area contributed by atoms with Crippen molar-refractivity contribution >= 4 is 40.2 Å². The normalized spacial score (nSPS) is 14.5. The predicted octanol–water partition coefficient (Wildman–Crippen LogP) is 2.94. The van der Waals surface area contributed by atoms with E-state index in [2.05, 4.69) is 10.2 Å². The molecule has 1 N–H and O–H groups in total. The molecule has 1 aromatic carbocycles. The van der Waals surface area contributed by atoms with Crippen molar-refractivity contribution in [3.8, 4) is 0 Å². The molecule has 3 nitrogen and oxygen atoms in total. The van der Waals surface area contributed by atoms with E-state index in [1.807, 2.05) is 18.2 Å². The fourth-order valence-electron chi connectivity index (χ4n) is 1.92. The van der Waals surface area contributed by atoms with Crippen LogP contribution >= 0.6 is 23.8 Å². The molecule has 0 amide bonds. The minimum atomic E-state index is 0.742. The summed E-state index contributed by atoms with van der Waals surface area (Å²) in [4.78, 5) is 3.08. The monoisotopic (exact) mass is 270 g/mol. The minimum Gasteiger partial charge on any atom is -0.385 e. The van der Waals surface area contributed by atoms with E-state index < -0.39 is 0 Å². The molecule has 0 fully saturated rings. The molecule has 1 aliphatic rings. The number of hydrogen-bond acceptors (Lipinski definition) is 3.